The highest BCUT2D eigenvalue weighted by Crippen LogP contribution is 2.48. The first-order valence-corrected chi connectivity index (χ1v) is 12.3. The molecule has 26 heavy (non-hydrogen) atoms. The van der Waals surface area contributed by atoms with Crippen LogP contribution in [0.5, 0.6) is 0 Å². The molecule has 152 valence electrons. The van der Waals surface area contributed by atoms with Crippen molar-refractivity contribution in [3.8, 4) is 0 Å². The lowest BCUT2D eigenvalue weighted by molar-refractivity contribution is 0.0296. The Morgan fingerprint density at radius 1 is 0.769 bits per heavy atom. The molecule has 0 amide bonds. The molecule has 0 bridgehead atoms. The van der Waals surface area contributed by atoms with E-state index >= 15 is 4.39 Å². The van der Waals surface area contributed by atoms with Crippen molar-refractivity contribution in [3.05, 3.63) is 0 Å². The van der Waals surface area contributed by atoms with Crippen LogP contribution in [0.1, 0.15) is 111 Å². The number of halogens is 1. The van der Waals surface area contributed by atoms with Crippen molar-refractivity contribution in [2.24, 2.45) is 41.4 Å². The predicted molar refractivity (Wildman–Crippen MR) is 111 cm³/mol. The van der Waals surface area contributed by atoms with Crippen molar-refractivity contribution in [1.82, 2.24) is 0 Å². The summed E-state index contributed by atoms with van der Waals surface area (Å²) in [5, 5.41) is 0. The van der Waals surface area contributed by atoms with Gasteiger partial charge >= 0.3 is 0 Å². The fourth-order valence-electron chi connectivity index (χ4n) is 7.03. The van der Waals surface area contributed by atoms with Crippen molar-refractivity contribution in [2.45, 2.75) is 117 Å². The zero-order chi connectivity index (χ0) is 18.5. The Morgan fingerprint density at radius 3 is 1.96 bits per heavy atom. The van der Waals surface area contributed by atoms with E-state index in [2.05, 4.69) is 20.8 Å². The number of hydrogen-bond acceptors (Lipinski definition) is 0. The quantitative estimate of drug-likeness (QED) is 0.445. The molecule has 0 aromatic heterocycles. The molecule has 0 aliphatic heterocycles. The van der Waals surface area contributed by atoms with E-state index in [9.17, 15) is 0 Å². The fourth-order valence-corrected chi connectivity index (χ4v) is 7.03. The van der Waals surface area contributed by atoms with Gasteiger partial charge < -0.3 is 0 Å². The van der Waals surface area contributed by atoms with Crippen LogP contribution in [0, 0.1) is 41.4 Å². The lowest BCUT2D eigenvalue weighted by Gasteiger charge is -2.43. The van der Waals surface area contributed by atoms with E-state index in [0.717, 1.165) is 30.1 Å². The summed E-state index contributed by atoms with van der Waals surface area (Å²) in [5.74, 6) is 5.44. The van der Waals surface area contributed by atoms with E-state index in [1.807, 2.05) is 0 Å². The number of rotatable bonds is 6. The summed E-state index contributed by atoms with van der Waals surface area (Å²) in [7, 11) is 0. The third-order valence-corrected chi connectivity index (χ3v) is 8.97. The molecule has 3 rings (SSSR count). The highest BCUT2D eigenvalue weighted by Gasteiger charge is 2.40. The van der Waals surface area contributed by atoms with Gasteiger partial charge in [0.05, 0.1) is 0 Å². The van der Waals surface area contributed by atoms with Gasteiger partial charge in [0, 0.05) is 0 Å². The van der Waals surface area contributed by atoms with Gasteiger partial charge in [0.1, 0.15) is 6.17 Å². The molecular formula is C25H45F. The molecule has 3 aliphatic carbocycles. The molecule has 0 saturated heterocycles. The van der Waals surface area contributed by atoms with Crippen molar-refractivity contribution in [2.75, 3.05) is 0 Å². The van der Waals surface area contributed by atoms with Gasteiger partial charge in [-0.2, -0.15) is 0 Å². The second kappa shape index (κ2) is 9.92. The summed E-state index contributed by atoms with van der Waals surface area (Å²) in [6.45, 7) is 7.10. The topological polar surface area (TPSA) is 0 Å². The van der Waals surface area contributed by atoms with Gasteiger partial charge in [-0.05, 0) is 99.2 Å². The minimum atomic E-state index is -0.493. The van der Waals surface area contributed by atoms with Crippen LogP contribution in [0.2, 0.25) is 0 Å². The van der Waals surface area contributed by atoms with E-state index in [1.165, 1.54) is 83.5 Å². The molecule has 0 aromatic rings. The summed E-state index contributed by atoms with van der Waals surface area (Å²) in [4.78, 5) is 0. The van der Waals surface area contributed by atoms with Crippen molar-refractivity contribution < 1.29 is 4.39 Å². The van der Waals surface area contributed by atoms with E-state index < -0.39 is 6.17 Å². The van der Waals surface area contributed by atoms with E-state index in [-0.39, 0.29) is 0 Å². The maximum absolute atomic E-state index is 15.2. The van der Waals surface area contributed by atoms with Gasteiger partial charge in [0.2, 0.25) is 0 Å². The van der Waals surface area contributed by atoms with Crippen molar-refractivity contribution in [3.63, 3.8) is 0 Å². The Bertz CT molecular complexity index is 389. The molecule has 0 radical (unpaired) electrons. The molecule has 0 aromatic carbocycles. The van der Waals surface area contributed by atoms with Gasteiger partial charge in [-0.1, -0.05) is 52.9 Å². The second-order valence-corrected chi connectivity index (χ2v) is 10.4. The molecule has 4 atom stereocenters. The Labute approximate surface area is 163 Å². The highest BCUT2D eigenvalue weighted by molar-refractivity contribution is 4.90. The van der Waals surface area contributed by atoms with Crippen LogP contribution >= 0.6 is 0 Å². The SMILES string of the molecule is CCCC(C)C1CCC(C2CCC(C3CCC(CC)CC3)CC2F)CC1. The maximum Gasteiger partial charge on any atom is 0.103 e. The molecular weight excluding hydrogens is 319 g/mol. The first-order valence-electron chi connectivity index (χ1n) is 12.3. The van der Waals surface area contributed by atoms with Crippen LogP contribution in [-0.2, 0) is 0 Å². The van der Waals surface area contributed by atoms with E-state index in [1.54, 1.807) is 0 Å². The first kappa shape index (κ1) is 20.7. The molecule has 0 nitrogen and oxygen atoms in total. The molecule has 4 unspecified atom stereocenters. The zero-order valence-electron chi connectivity index (χ0n) is 17.9. The first-order chi connectivity index (χ1) is 12.6. The summed E-state index contributed by atoms with van der Waals surface area (Å²) < 4.78 is 15.2. The summed E-state index contributed by atoms with van der Waals surface area (Å²) in [5.41, 5.74) is 0. The van der Waals surface area contributed by atoms with Crippen LogP contribution in [0.15, 0.2) is 0 Å². The van der Waals surface area contributed by atoms with Crippen LogP contribution in [0.25, 0.3) is 0 Å². The monoisotopic (exact) mass is 364 g/mol. The lowest BCUT2D eigenvalue weighted by atomic mass is 9.63. The van der Waals surface area contributed by atoms with E-state index in [0.29, 0.717) is 17.8 Å². The predicted octanol–water partition coefficient (Wildman–Crippen LogP) is 8.20. The van der Waals surface area contributed by atoms with Crippen LogP contribution in [0.3, 0.4) is 0 Å². The lowest BCUT2D eigenvalue weighted by Crippen LogP contribution is -2.37. The number of hydrogen-bond donors (Lipinski definition) is 0. The largest absolute Gasteiger partial charge is 0.247 e. The smallest absolute Gasteiger partial charge is 0.103 e. The molecule has 1 heteroatoms. The van der Waals surface area contributed by atoms with Gasteiger partial charge in [0.15, 0.2) is 0 Å². The Hall–Kier alpha value is -0.0700. The average molecular weight is 365 g/mol. The standard InChI is InChI=1S/C25H45F/c1-4-6-18(3)20-11-13-22(14-12-20)24-16-15-23(17-25(24)26)21-9-7-19(5-2)8-10-21/h18-25H,4-17H2,1-3H3. The summed E-state index contributed by atoms with van der Waals surface area (Å²) in [6, 6.07) is 0. The maximum atomic E-state index is 15.2. The van der Waals surface area contributed by atoms with E-state index in [4.69, 9.17) is 0 Å². The Balaban J connectivity index is 1.43. The summed E-state index contributed by atoms with van der Waals surface area (Å²) >= 11 is 0. The normalized spacial score (nSPS) is 43.2. The van der Waals surface area contributed by atoms with Crippen LogP contribution < -0.4 is 0 Å². The molecule has 0 heterocycles. The molecule has 3 fully saturated rings. The molecule has 0 N–H and O–H groups in total. The zero-order valence-corrected chi connectivity index (χ0v) is 17.9. The van der Waals surface area contributed by atoms with Gasteiger partial charge in [-0.3, -0.25) is 0 Å². The average Bonchev–Trinajstić information content (AvgIpc) is 2.68. The third kappa shape index (κ3) is 5.05. The Morgan fingerprint density at radius 2 is 1.38 bits per heavy atom. The van der Waals surface area contributed by atoms with Crippen LogP contribution in [-0.4, -0.2) is 6.17 Å². The Kier molecular flexibility index (Phi) is 7.88. The van der Waals surface area contributed by atoms with Crippen molar-refractivity contribution >= 4 is 0 Å². The fraction of sp³-hybridized carbons (Fsp3) is 1.00. The van der Waals surface area contributed by atoms with Gasteiger partial charge in [-0.25, -0.2) is 4.39 Å². The second-order valence-electron chi connectivity index (χ2n) is 10.4. The molecule has 3 saturated carbocycles. The third-order valence-electron chi connectivity index (χ3n) is 8.97. The van der Waals surface area contributed by atoms with Crippen LogP contribution in [0.4, 0.5) is 4.39 Å². The highest BCUT2D eigenvalue weighted by atomic mass is 19.1. The minimum absolute atomic E-state index is 0.403. The van der Waals surface area contributed by atoms with Gasteiger partial charge in [0.25, 0.3) is 0 Å². The molecule has 0 spiro atoms. The number of alkyl halides is 1. The summed E-state index contributed by atoms with van der Waals surface area (Å²) in [6.07, 6.45) is 18.0. The molecule has 3 aliphatic rings. The minimum Gasteiger partial charge on any atom is -0.247 e. The van der Waals surface area contributed by atoms with Crippen molar-refractivity contribution in [1.29, 1.82) is 0 Å². The van der Waals surface area contributed by atoms with Gasteiger partial charge in [-0.15, -0.1) is 0 Å².